The molecule has 0 unspecified atom stereocenters. The maximum absolute atomic E-state index is 12.6. The molecular weight excluding hydrogens is 370 g/mol. The number of benzene rings is 2. The lowest BCUT2D eigenvalue weighted by Gasteiger charge is -2.16. The van der Waals surface area contributed by atoms with E-state index in [2.05, 4.69) is 14.2 Å². The minimum Gasteiger partial charge on any atom is -0.434 e. The second kappa shape index (κ2) is 7.93. The molecule has 0 aliphatic rings. The van der Waals surface area contributed by atoms with E-state index in [0.717, 1.165) is 18.2 Å². The van der Waals surface area contributed by atoms with Crippen LogP contribution < -0.4 is 25.7 Å². The Hall–Kier alpha value is -2.98. The van der Waals surface area contributed by atoms with E-state index in [1.165, 1.54) is 12.1 Å². The van der Waals surface area contributed by atoms with Crippen LogP contribution in [0.25, 0.3) is 11.1 Å². The zero-order chi connectivity index (χ0) is 19.4. The highest BCUT2D eigenvalue weighted by molar-refractivity contribution is 5.79. The molecule has 0 spiro atoms. The molecule has 0 fully saturated rings. The number of hydrogen-bond donors (Lipinski definition) is 2. The molecule has 4 N–H and O–H groups in total. The highest BCUT2D eigenvalue weighted by Gasteiger charge is 2.19. The standard InChI is InChI=1S/C15H12F6N2O3/c16-13(17)24-10-5-9(23)12(26-15(20)21)4-7(10)6-1-2-8(22)11(3-6)25-14(18)19/h1-5,13-15H,22-23H2. The number of rotatable bonds is 7. The van der Waals surface area contributed by atoms with E-state index < -0.39 is 37.1 Å². The third-order valence-corrected chi connectivity index (χ3v) is 3.08. The normalized spacial score (nSPS) is 11.3. The first-order chi connectivity index (χ1) is 12.2. The Kier molecular flexibility index (Phi) is 5.90. The van der Waals surface area contributed by atoms with Crippen LogP contribution in [0.1, 0.15) is 0 Å². The second-order valence-corrected chi connectivity index (χ2v) is 4.77. The molecule has 0 aromatic heterocycles. The van der Waals surface area contributed by atoms with E-state index >= 15 is 0 Å². The average Bonchev–Trinajstić information content (AvgIpc) is 2.51. The van der Waals surface area contributed by atoms with Gasteiger partial charge in [-0.1, -0.05) is 6.07 Å². The van der Waals surface area contributed by atoms with Crippen molar-refractivity contribution in [2.45, 2.75) is 19.8 Å². The molecule has 0 atom stereocenters. The van der Waals surface area contributed by atoms with Crippen LogP contribution in [0, 0.1) is 0 Å². The van der Waals surface area contributed by atoms with Crippen LogP contribution in [-0.2, 0) is 0 Å². The highest BCUT2D eigenvalue weighted by Crippen LogP contribution is 2.41. The van der Waals surface area contributed by atoms with Gasteiger partial charge in [-0.2, -0.15) is 26.3 Å². The van der Waals surface area contributed by atoms with Gasteiger partial charge >= 0.3 is 19.8 Å². The van der Waals surface area contributed by atoms with E-state index in [1.54, 1.807) is 0 Å². The lowest BCUT2D eigenvalue weighted by molar-refractivity contribution is -0.0522. The molecule has 26 heavy (non-hydrogen) atoms. The summed E-state index contributed by atoms with van der Waals surface area (Å²) >= 11 is 0. The summed E-state index contributed by atoms with van der Waals surface area (Å²) in [4.78, 5) is 0. The van der Waals surface area contributed by atoms with Crippen LogP contribution in [0.15, 0.2) is 30.3 Å². The van der Waals surface area contributed by atoms with Crippen LogP contribution >= 0.6 is 0 Å². The maximum Gasteiger partial charge on any atom is 0.387 e. The Labute approximate surface area is 143 Å². The number of hydrogen-bond acceptors (Lipinski definition) is 5. The number of alkyl halides is 6. The van der Waals surface area contributed by atoms with E-state index in [9.17, 15) is 26.3 Å². The fourth-order valence-corrected chi connectivity index (χ4v) is 2.09. The Morgan fingerprint density at radius 3 is 1.65 bits per heavy atom. The number of nitrogens with two attached hydrogens (primary N) is 2. The van der Waals surface area contributed by atoms with Crippen molar-refractivity contribution in [2.75, 3.05) is 11.5 Å². The molecular formula is C15H12F6N2O3. The Balaban J connectivity index is 2.57. The number of ether oxygens (including phenoxy) is 3. The maximum atomic E-state index is 12.6. The predicted octanol–water partition coefficient (Wildman–Crippen LogP) is 4.32. The van der Waals surface area contributed by atoms with Gasteiger partial charge in [-0.15, -0.1) is 0 Å². The topological polar surface area (TPSA) is 79.7 Å². The summed E-state index contributed by atoms with van der Waals surface area (Å²) in [5, 5.41) is 0. The number of halogens is 6. The van der Waals surface area contributed by atoms with Crippen molar-refractivity contribution in [3.05, 3.63) is 30.3 Å². The smallest absolute Gasteiger partial charge is 0.387 e. The average molecular weight is 382 g/mol. The zero-order valence-electron chi connectivity index (χ0n) is 12.8. The van der Waals surface area contributed by atoms with Crippen LogP contribution in [0.3, 0.4) is 0 Å². The second-order valence-electron chi connectivity index (χ2n) is 4.77. The van der Waals surface area contributed by atoms with E-state index in [4.69, 9.17) is 11.5 Å². The molecule has 2 aromatic carbocycles. The molecule has 0 bridgehead atoms. The van der Waals surface area contributed by atoms with Crippen LogP contribution in [-0.4, -0.2) is 19.8 Å². The fraction of sp³-hybridized carbons (Fsp3) is 0.200. The first-order valence-corrected chi connectivity index (χ1v) is 6.85. The van der Waals surface area contributed by atoms with Gasteiger partial charge in [0.2, 0.25) is 0 Å². The summed E-state index contributed by atoms with van der Waals surface area (Å²) in [5.41, 5.74) is 10.3. The van der Waals surface area contributed by atoms with Gasteiger partial charge in [0, 0.05) is 11.6 Å². The van der Waals surface area contributed by atoms with Crippen LogP contribution in [0.5, 0.6) is 17.2 Å². The summed E-state index contributed by atoms with van der Waals surface area (Å²) in [6.45, 7) is -9.66. The van der Waals surface area contributed by atoms with Gasteiger partial charge in [0.25, 0.3) is 0 Å². The largest absolute Gasteiger partial charge is 0.434 e. The van der Waals surface area contributed by atoms with Crippen LogP contribution in [0.4, 0.5) is 37.7 Å². The van der Waals surface area contributed by atoms with Crippen molar-refractivity contribution in [2.24, 2.45) is 0 Å². The molecule has 0 aliphatic carbocycles. The molecule has 0 saturated heterocycles. The highest BCUT2D eigenvalue weighted by atomic mass is 19.3. The van der Waals surface area contributed by atoms with Gasteiger partial charge in [0.15, 0.2) is 0 Å². The fourth-order valence-electron chi connectivity index (χ4n) is 2.09. The summed E-state index contributed by atoms with van der Waals surface area (Å²) < 4.78 is 87.7. The van der Waals surface area contributed by atoms with Crippen molar-refractivity contribution in [3.8, 4) is 28.4 Å². The van der Waals surface area contributed by atoms with Crippen molar-refractivity contribution in [3.63, 3.8) is 0 Å². The molecule has 11 heteroatoms. The molecule has 142 valence electrons. The quantitative estimate of drug-likeness (QED) is 0.551. The number of anilines is 2. The Bertz CT molecular complexity index is 773. The van der Waals surface area contributed by atoms with Gasteiger partial charge in [-0.3, -0.25) is 0 Å². The third kappa shape index (κ3) is 4.77. The Morgan fingerprint density at radius 1 is 0.615 bits per heavy atom. The molecule has 5 nitrogen and oxygen atoms in total. The molecule has 0 heterocycles. The number of nitrogen functional groups attached to an aromatic ring is 2. The minimum absolute atomic E-state index is 0.0182. The van der Waals surface area contributed by atoms with E-state index in [0.29, 0.717) is 0 Å². The molecule has 2 aromatic rings. The molecule has 0 saturated carbocycles. The Morgan fingerprint density at radius 2 is 1.12 bits per heavy atom. The van der Waals surface area contributed by atoms with Gasteiger partial charge in [-0.05, 0) is 23.8 Å². The lowest BCUT2D eigenvalue weighted by Crippen LogP contribution is -2.08. The molecule has 0 radical (unpaired) electrons. The minimum atomic E-state index is -3.25. The first-order valence-electron chi connectivity index (χ1n) is 6.85. The van der Waals surface area contributed by atoms with Crippen molar-refractivity contribution in [1.29, 1.82) is 0 Å². The monoisotopic (exact) mass is 382 g/mol. The van der Waals surface area contributed by atoms with Crippen molar-refractivity contribution < 1.29 is 40.6 Å². The summed E-state index contributed by atoms with van der Waals surface area (Å²) in [7, 11) is 0. The van der Waals surface area contributed by atoms with Crippen molar-refractivity contribution >= 4 is 11.4 Å². The van der Waals surface area contributed by atoms with E-state index in [1.807, 2.05) is 0 Å². The molecule has 2 rings (SSSR count). The predicted molar refractivity (Wildman–Crippen MR) is 80.6 cm³/mol. The summed E-state index contributed by atoms with van der Waals surface area (Å²) in [6, 6.07) is 5.21. The third-order valence-electron chi connectivity index (χ3n) is 3.08. The lowest BCUT2D eigenvalue weighted by atomic mass is 10.0. The summed E-state index contributed by atoms with van der Waals surface area (Å²) in [6.07, 6.45) is 0. The SMILES string of the molecule is Nc1ccc(-c2cc(OC(F)F)c(N)cc2OC(F)F)cc1OC(F)F. The van der Waals surface area contributed by atoms with Crippen molar-refractivity contribution in [1.82, 2.24) is 0 Å². The van der Waals surface area contributed by atoms with Gasteiger partial charge < -0.3 is 25.7 Å². The molecule has 0 amide bonds. The summed E-state index contributed by atoms with van der Waals surface area (Å²) in [5.74, 6) is -1.43. The first kappa shape index (κ1) is 19.3. The van der Waals surface area contributed by atoms with Gasteiger partial charge in [-0.25, -0.2) is 0 Å². The van der Waals surface area contributed by atoms with Crippen LogP contribution in [0.2, 0.25) is 0 Å². The zero-order valence-corrected chi connectivity index (χ0v) is 12.8. The van der Waals surface area contributed by atoms with Gasteiger partial charge in [0.05, 0.1) is 11.4 Å². The van der Waals surface area contributed by atoms with E-state index in [-0.39, 0.29) is 22.5 Å². The molecule has 0 aliphatic heterocycles. The van der Waals surface area contributed by atoms with Gasteiger partial charge in [0.1, 0.15) is 17.2 Å².